The van der Waals surface area contributed by atoms with Crippen molar-refractivity contribution in [2.24, 2.45) is 10.2 Å². The van der Waals surface area contributed by atoms with Gasteiger partial charge in [-0.1, -0.05) is 0 Å². The van der Waals surface area contributed by atoms with E-state index < -0.39 is 0 Å². The number of azo groups is 1. The Bertz CT molecular complexity index is 208. The van der Waals surface area contributed by atoms with Gasteiger partial charge in [0.15, 0.2) is 11.6 Å². The van der Waals surface area contributed by atoms with Crippen LogP contribution in [0, 0.1) is 0 Å². The Labute approximate surface area is 46.4 Å². The maximum atomic E-state index is 9.86. The molecular formula is C5H4N2O. The molecule has 0 N–H and O–H groups in total. The maximum absolute atomic E-state index is 9.86. The van der Waals surface area contributed by atoms with E-state index in [1.165, 1.54) is 6.20 Å². The van der Waals surface area contributed by atoms with Gasteiger partial charge < -0.3 is 0 Å². The van der Waals surface area contributed by atoms with E-state index in [0.29, 0.717) is 5.70 Å². The molecule has 1 rings (SSSR count). The topological polar surface area (TPSA) is 41.8 Å². The van der Waals surface area contributed by atoms with Gasteiger partial charge in [-0.15, -0.1) is 5.11 Å². The highest BCUT2D eigenvalue weighted by molar-refractivity contribution is 5.60. The van der Waals surface area contributed by atoms with Gasteiger partial charge in [0.1, 0.15) is 0 Å². The predicted molar refractivity (Wildman–Crippen MR) is 27.8 cm³/mol. The third-order valence-electron chi connectivity index (χ3n) is 0.879. The fraction of sp³-hybridized carbons (Fsp3) is 0.200. The van der Waals surface area contributed by atoms with Crippen molar-refractivity contribution in [3.05, 3.63) is 17.5 Å². The van der Waals surface area contributed by atoms with Crippen LogP contribution in [0.5, 0.6) is 0 Å². The van der Waals surface area contributed by atoms with Crippen molar-refractivity contribution in [3.63, 3.8) is 0 Å². The molecule has 8 heavy (non-hydrogen) atoms. The average Bonchev–Trinajstić information content (AvgIpc) is 2.14. The van der Waals surface area contributed by atoms with E-state index in [-0.39, 0.29) is 0 Å². The third kappa shape index (κ3) is 0.591. The summed E-state index contributed by atoms with van der Waals surface area (Å²) < 4.78 is 0. The van der Waals surface area contributed by atoms with Gasteiger partial charge in [0.05, 0.1) is 6.20 Å². The predicted octanol–water partition coefficient (Wildman–Crippen LogP) is 1.07. The van der Waals surface area contributed by atoms with Crippen molar-refractivity contribution in [2.75, 3.05) is 0 Å². The van der Waals surface area contributed by atoms with E-state index in [0.717, 1.165) is 5.57 Å². The lowest BCUT2D eigenvalue weighted by Gasteiger charge is -1.79. The first-order chi connectivity index (χ1) is 3.84. The van der Waals surface area contributed by atoms with Gasteiger partial charge in [-0.3, -0.25) is 0 Å². The van der Waals surface area contributed by atoms with Gasteiger partial charge in [0.25, 0.3) is 0 Å². The van der Waals surface area contributed by atoms with Crippen LogP contribution in [0.25, 0.3) is 0 Å². The van der Waals surface area contributed by atoms with Gasteiger partial charge in [-0.2, -0.15) is 5.11 Å². The number of nitrogens with zero attached hydrogens (tertiary/aromatic N) is 2. The number of hydrogen-bond acceptors (Lipinski definition) is 3. The summed E-state index contributed by atoms with van der Waals surface area (Å²) in [6.07, 6.45) is 1.53. The van der Waals surface area contributed by atoms with Crippen molar-refractivity contribution in [1.29, 1.82) is 0 Å². The minimum atomic E-state index is 0.310. The van der Waals surface area contributed by atoms with Crippen molar-refractivity contribution in [3.8, 4) is 0 Å². The summed E-state index contributed by atoms with van der Waals surface area (Å²) in [5.74, 6) is 1.65. The monoisotopic (exact) mass is 108 g/mol. The number of allylic oxidation sites excluding steroid dienone is 1. The van der Waals surface area contributed by atoms with Gasteiger partial charge in [0, 0.05) is 5.57 Å². The summed E-state index contributed by atoms with van der Waals surface area (Å²) in [4.78, 5) is 9.86. The van der Waals surface area contributed by atoms with Gasteiger partial charge >= 0.3 is 0 Å². The Kier molecular flexibility index (Phi) is 1.06. The average molecular weight is 108 g/mol. The van der Waals surface area contributed by atoms with Crippen LogP contribution in [0.3, 0.4) is 0 Å². The fourth-order valence-electron chi connectivity index (χ4n) is 0.414. The molecule has 3 heteroatoms. The molecule has 1 aliphatic rings. The first-order valence-electron chi connectivity index (χ1n) is 2.17. The molecule has 0 fully saturated rings. The summed E-state index contributed by atoms with van der Waals surface area (Å²) in [5, 5.41) is 6.94. The molecule has 0 unspecified atom stereocenters. The standard InChI is InChI=1S/C5H4N2O/c1-4-2-6-7-5(4)3-8/h2H,1H3. The molecule has 0 aromatic carbocycles. The smallest absolute Gasteiger partial charge is 0.173 e. The van der Waals surface area contributed by atoms with Gasteiger partial charge in [-0.25, -0.2) is 4.79 Å². The van der Waals surface area contributed by atoms with Crippen LogP contribution in [0.2, 0.25) is 0 Å². The Morgan fingerprint density at radius 2 is 2.50 bits per heavy atom. The molecule has 1 aliphatic heterocycles. The number of carbonyl (C=O) groups excluding carboxylic acids is 1. The van der Waals surface area contributed by atoms with Gasteiger partial charge in [0.2, 0.25) is 0 Å². The lowest BCUT2D eigenvalue weighted by atomic mass is 10.3. The molecule has 0 radical (unpaired) electrons. The molecule has 1 heterocycles. The van der Waals surface area contributed by atoms with E-state index in [1.54, 1.807) is 12.9 Å². The number of rotatable bonds is 0. The second-order valence-corrected chi connectivity index (χ2v) is 1.48. The normalized spacial score (nSPS) is 16.1. The molecule has 0 amide bonds. The maximum Gasteiger partial charge on any atom is 0.173 e. The molecule has 0 saturated carbocycles. The van der Waals surface area contributed by atoms with Gasteiger partial charge in [-0.05, 0) is 6.92 Å². The molecule has 0 aliphatic carbocycles. The van der Waals surface area contributed by atoms with Crippen molar-refractivity contribution in [2.45, 2.75) is 6.92 Å². The highest BCUT2D eigenvalue weighted by atomic mass is 16.1. The van der Waals surface area contributed by atoms with Crippen LogP contribution in [-0.4, -0.2) is 5.94 Å². The zero-order valence-electron chi connectivity index (χ0n) is 4.38. The Balaban J connectivity index is 3.05. The summed E-state index contributed by atoms with van der Waals surface area (Å²) in [6, 6.07) is 0. The Morgan fingerprint density at radius 3 is 2.75 bits per heavy atom. The number of hydrogen-bond donors (Lipinski definition) is 0. The fourth-order valence-corrected chi connectivity index (χ4v) is 0.414. The lowest BCUT2D eigenvalue weighted by Crippen LogP contribution is -1.73. The molecule has 3 nitrogen and oxygen atoms in total. The second kappa shape index (κ2) is 1.72. The van der Waals surface area contributed by atoms with Crippen molar-refractivity contribution >= 4 is 5.94 Å². The van der Waals surface area contributed by atoms with Crippen molar-refractivity contribution < 1.29 is 4.79 Å². The molecule has 0 spiro atoms. The highest BCUT2D eigenvalue weighted by Crippen LogP contribution is 2.13. The molecule has 0 saturated heterocycles. The molecule has 0 atom stereocenters. The summed E-state index contributed by atoms with van der Waals surface area (Å²) in [5.41, 5.74) is 1.09. The Morgan fingerprint density at radius 1 is 1.75 bits per heavy atom. The molecule has 40 valence electrons. The van der Waals surface area contributed by atoms with E-state index in [1.807, 2.05) is 0 Å². The molecule has 0 bridgehead atoms. The first-order valence-corrected chi connectivity index (χ1v) is 2.17. The van der Waals surface area contributed by atoms with Crippen LogP contribution in [0.15, 0.2) is 27.7 Å². The largest absolute Gasteiger partial charge is 0.231 e. The summed E-state index contributed by atoms with van der Waals surface area (Å²) >= 11 is 0. The van der Waals surface area contributed by atoms with E-state index >= 15 is 0 Å². The van der Waals surface area contributed by atoms with Crippen LogP contribution in [-0.2, 0) is 4.79 Å². The summed E-state index contributed by atoms with van der Waals surface area (Å²) in [6.45, 7) is 1.76. The minimum absolute atomic E-state index is 0.310. The van der Waals surface area contributed by atoms with Crippen LogP contribution in [0.4, 0.5) is 0 Å². The lowest BCUT2D eigenvalue weighted by molar-refractivity contribution is 0.567. The van der Waals surface area contributed by atoms with E-state index in [2.05, 4.69) is 10.2 Å². The Hall–Kier alpha value is -1.21. The minimum Gasteiger partial charge on any atom is -0.231 e. The quantitative estimate of drug-likeness (QED) is 0.428. The van der Waals surface area contributed by atoms with E-state index in [4.69, 9.17) is 0 Å². The molecule has 0 aromatic rings. The van der Waals surface area contributed by atoms with Crippen LogP contribution in [0.1, 0.15) is 6.92 Å². The second-order valence-electron chi connectivity index (χ2n) is 1.48. The van der Waals surface area contributed by atoms with E-state index in [9.17, 15) is 4.79 Å². The van der Waals surface area contributed by atoms with Crippen LogP contribution >= 0.6 is 0 Å². The van der Waals surface area contributed by atoms with Crippen molar-refractivity contribution in [1.82, 2.24) is 0 Å². The zero-order valence-corrected chi connectivity index (χ0v) is 4.38. The summed E-state index contributed by atoms with van der Waals surface area (Å²) in [7, 11) is 0. The third-order valence-corrected chi connectivity index (χ3v) is 0.879. The first kappa shape index (κ1) is 4.94. The molecular weight excluding hydrogens is 104 g/mol. The highest BCUT2D eigenvalue weighted by Gasteiger charge is 2.02. The zero-order chi connectivity index (χ0) is 5.98. The molecule has 0 aromatic heterocycles. The SMILES string of the molecule is CC1=CN=NC1=C=O. The van der Waals surface area contributed by atoms with Crippen LogP contribution < -0.4 is 0 Å².